The lowest BCUT2D eigenvalue weighted by molar-refractivity contribution is -0.129. The van der Waals surface area contributed by atoms with Gasteiger partial charge in [0.15, 0.2) is 0 Å². The normalized spacial score (nSPS) is 33.8. The third-order valence-corrected chi connectivity index (χ3v) is 6.12. The lowest BCUT2D eigenvalue weighted by Gasteiger charge is -2.46. The number of aliphatic hydroxyl groups is 1. The summed E-state index contributed by atoms with van der Waals surface area (Å²) in [6.07, 6.45) is 2.94. The van der Waals surface area contributed by atoms with Gasteiger partial charge in [0.05, 0.1) is 22.7 Å². The van der Waals surface area contributed by atoms with E-state index in [9.17, 15) is 5.11 Å². The minimum absolute atomic E-state index is 0.0661. The number of ether oxygens (including phenoxy) is 1. The fraction of sp³-hybridized carbons (Fsp3) is 0.600. The second kappa shape index (κ2) is 5.53. The molecule has 0 bridgehead atoms. The molecule has 8 heteroatoms. The molecule has 0 aromatic carbocycles. The van der Waals surface area contributed by atoms with E-state index in [-0.39, 0.29) is 12.1 Å². The summed E-state index contributed by atoms with van der Waals surface area (Å²) in [5, 5.41) is 22.1. The molecule has 124 valence electrons. The number of nitrogens with one attached hydrogen (secondary N) is 1. The summed E-state index contributed by atoms with van der Waals surface area (Å²) >= 11 is 7.74. The predicted octanol–water partition coefficient (Wildman–Crippen LogP) is 2.30. The Hall–Kier alpha value is -0.990. The van der Waals surface area contributed by atoms with Crippen LogP contribution in [0.2, 0.25) is 4.34 Å². The zero-order chi connectivity index (χ0) is 16.2. The zero-order valence-electron chi connectivity index (χ0n) is 13.0. The highest BCUT2D eigenvalue weighted by Gasteiger charge is 2.48. The van der Waals surface area contributed by atoms with Gasteiger partial charge in [-0.3, -0.25) is 4.68 Å². The number of hydrogen-bond donors (Lipinski definition) is 2. The van der Waals surface area contributed by atoms with Gasteiger partial charge in [0.1, 0.15) is 11.7 Å². The van der Waals surface area contributed by atoms with Crippen LogP contribution in [-0.4, -0.2) is 32.7 Å². The summed E-state index contributed by atoms with van der Waals surface area (Å²) in [5.74, 6) is 0. The molecule has 0 aliphatic carbocycles. The molecule has 0 saturated carbocycles. The summed E-state index contributed by atoms with van der Waals surface area (Å²) in [5.41, 5.74) is 1.41. The van der Waals surface area contributed by atoms with Gasteiger partial charge < -0.3 is 15.2 Å². The Kier molecular flexibility index (Phi) is 3.73. The minimum atomic E-state index is -0.598. The number of fused-ring (bicyclic) bond motifs is 2. The van der Waals surface area contributed by atoms with Crippen molar-refractivity contribution in [1.82, 2.24) is 20.3 Å². The van der Waals surface area contributed by atoms with Crippen LogP contribution < -0.4 is 5.32 Å². The molecule has 0 radical (unpaired) electrons. The number of aryl methyl sites for hydroxylation is 1. The van der Waals surface area contributed by atoms with Crippen molar-refractivity contribution in [2.75, 3.05) is 6.61 Å². The molecule has 4 rings (SSSR count). The van der Waals surface area contributed by atoms with Crippen molar-refractivity contribution in [2.45, 2.75) is 43.6 Å². The van der Waals surface area contributed by atoms with E-state index in [2.05, 4.69) is 22.6 Å². The van der Waals surface area contributed by atoms with E-state index < -0.39 is 11.7 Å². The SMILES string of the molecule is C[C@H]1C[C@@]2(C[C@@H](c3cn(C)nn3)N1)OC[C@H](O)c1cc(Cl)sc12. The number of aromatic nitrogens is 3. The summed E-state index contributed by atoms with van der Waals surface area (Å²) in [6, 6.07) is 2.21. The van der Waals surface area contributed by atoms with Crippen LogP contribution in [0.1, 0.15) is 48.0 Å². The van der Waals surface area contributed by atoms with Crippen molar-refractivity contribution in [2.24, 2.45) is 7.05 Å². The van der Waals surface area contributed by atoms with Crippen molar-refractivity contribution in [1.29, 1.82) is 0 Å². The Morgan fingerprint density at radius 2 is 2.35 bits per heavy atom. The quantitative estimate of drug-likeness (QED) is 0.822. The Balaban J connectivity index is 1.74. The Morgan fingerprint density at radius 3 is 3.09 bits per heavy atom. The Bertz CT molecular complexity index is 733. The second-order valence-electron chi connectivity index (χ2n) is 6.50. The molecule has 2 aromatic heterocycles. The topological polar surface area (TPSA) is 72.2 Å². The third kappa shape index (κ3) is 2.60. The van der Waals surface area contributed by atoms with Gasteiger partial charge in [-0.1, -0.05) is 16.8 Å². The number of nitrogens with zero attached hydrogens (tertiary/aromatic N) is 3. The predicted molar refractivity (Wildman–Crippen MR) is 87.5 cm³/mol. The van der Waals surface area contributed by atoms with Crippen molar-refractivity contribution < 1.29 is 9.84 Å². The van der Waals surface area contributed by atoms with Gasteiger partial charge >= 0.3 is 0 Å². The lowest BCUT2D eigenvalue weighted by Crippen LogP contribution is -2.50. The highest BCUT2D eigenvalue weighted by molar-refractivity contribution is 7.16. The number of rotatable bonds is 1. The van der Waals surface area contributed by atoms with Gasteiger partial charge in [-0.15, -0.1) is 16.4 Å². The van der Waals surface area contributed by atoms with Crippen molar-refractivity contribution >= 4 is 22.9 Å². The van der Waals surface area contributed by atoms with E-state index in [1.807, 2.05) is 19.3 Å². The van der Waals surface area contributed by atoms with E-state index in [1.165, 1.54) is 11.3 Å². The highest BCUT2D eigenvalue weighted by Crippen LogP contribution is 2.51. The van der Waals surface area contributed by atoms with Gasteiger partial charge in [-0.2, -0.15) is 0 Å². The van der Waals surface area contributed by atoms with Crippen LogP contribution in [-0.2, 0) is 17.4 Å². The molecule has 0 unspecified atom stereocenters. The first kappa shape index (κ1) is 15.5. The van der Waals surface area contributed by atoms with Crippen molar-refractivity contribution in [3.05, 3.63) is 32.7 Å². The zero-order valence-corrected chi connectivity index (χ0v) is 14.6. The van der Waals surface area contributed by atoms with Crippen molar-refractivity contribution in [3.63, 3.8) is 0 Å². The molecular formula is C15H19ClN4O2S. The van der Waals surface area contributed by atoms with Gasteiger partial charge in [-0.25, -0.2) is 0 Å². The number of aliphatic hydroxyl groups excluding tert-OH is 1. The number of halogens is 1. The van der Waals surface area contributed by atoms with Crippen LogP contribution in [0.15, 0.2) is 12.3 Å². The standard InChI is InChI=1S/C15H19ClN4O2S/c1-8-4-15(5-10(17-8)11-6-20(2)19-18-11)14-9(3-13(16)23-14)12(21)7-22-15/h3,6,8,10,12,17,21H,4-5,7H2,1-2H3/t8-,10-,12-,15-/m0/s1. The largest absolute Gasteiger partial charge is 0.386 e. The summed E-state index contributed by atoms with van der Waals surface area (Å²) in [7, 11) is 1.86. The molecule has 2 aliphatic rings. The highest BCUT2D eigenvalue weighted by atomic mass is 35.5. The monoisotopic (exact) mass is 354 g/mol. The van der Waals surface area contributed by atoms with E-state index >= 15 is 0 Å². The molecule has 2 N–H and O–H groups in total. The first-order chi connectivity index (χ1) is 11.0. The van der Waals surface area contributed by atoms with Gasteiger partial charge in [0.2, 0.25) is 0 Å². The Labute approximate surface area is 143 Å². The Morgan fingerprint density at radius 1 is 1.52 bits per heavy atom. The number of piperidine rings is 1. The maximum Gasteiger partial charge on any atom is 0.106 e. The fourth-order valence-corrected chi connectivity index (χ4v) is 5.21. The summed E-state index contributed by atoms with van der Waals surface area (Å²) in [4.78, 5) is 1.06. The average Bonchev–Trinajstić information content (AvgIpc) is 3.10. The smallest absolute Gasteiger partial charge is 0.106 e. The molecule has 4 atom stereocenters. The fourth-order valence-electron chi connectivity index (χ4n) is 3.76. The molecular weight excluding hydrogens is 336 g/mol. The van der Waals surface area contributed by atoms with Gasteiger partial charge in [-0.05, 0) is 19.4 Å². The van der Waals surface area contributed by atoms with Crippen LogP contribution in [0.3, 0.4) is 0 Å². The minimum Gasteiger partial charge on any atom is -0.386 e. The van der Waals surface area contributed by atoms with Crippen LogP contribution in [0.25, 0.3) is 0 Å². The van der Waals surface area contributed by atoms with E-state index in [0.29, 0.717) is 10.9 Å². The summed E-state index contributed by atoms with van der Waals surface area (Å²) < 4.78 is 8.60. The maximum atomic E-state index is 10.2. The molecule has 1 spiro atoms. The number of hydrogen-bond acceptors (Lipinski definition) is 6. The summed E-state index contributed by atoms with van der Waals surface area (Å²) in [6.45, 7) is 2.45. The molecule has 2 aromatic rings. The van der Waals surface area contributed by atoms with Crippen LogP contribution in [0.5, 0.6) is 0 Å². The van der Waals surface area contributed by atoms with Crippen LogP contribution in [0, 0.1) is 0 Å². The van der Waals surface area contributed by atoms with E-state index in [1.54, 1.807) is 4.68 Å². The van der Waals surface area contributed by atoms with E-state index in [4.69, 9.17) is 16.3 Å². The molecule has 1 fully saturated rings. The van der Waals surface area contributed by atoms with Gasteiger partial charge in [0.25, 0.3) is 0 Å². The van der Waals surface area contributed by atoms with Crippen LogP contribution in [0.4, 0.5) is 0 Å². The molecule has 0 amide bonds. The number of thiophene rings is 1. The average molecular weight is 355 g/mol. The van der Waals surface area contributed by atoms with Gasteiger partial charge in [0, 0.05) is 36.1 Å². The van der Waals surface area contributed by atoms with E-state index in [0.717, 1.165) is 29.0 Å². The maximum absolute atomic E-state index is 10.2. The first-order valence-corrected chi connectivity index (χ1v) is 8.90. The molecule has 4 heterocycles. The molecule has 2 aliphatic heterocycles. The van der Waals surface area contributed by atoms with Crippen molar-refractivity contribution in [3.8, 4) is 0 Å². The third-order valence-electron chi connectivity index (χ3n) is 4.65. The molecule has 1 saturated heterocycles. The lowest BCUT2D eigenvalue weighted by atomic mass is 9.79. The molecule has 6 nitrogen and oxygen atoms in total. The first-order valence-electron chi connectivity index (χ1n) is 7.71. The molecule has 23 heavy (non-hydrogen) atoms. The second-order valence-corrected chi connectivity index (χ2v) is 8.19. The van der Waals surface area contributed by atoms with Crippen LogP contribution >= 0.6 is 22.9 Å².